The normalized spacial score (nSPS) is 9.93. The zero-order chi connectivity index (χ0) is 10.7. The van der Waals surface area contributed by atoms with Crippen molar-refractivity contribution in [1.29, 1.82) is 0 Å². The fourth-order valence-electron chi connectivity index (χ4n) is 1.23. The van der Waals surface area contributed by atoms with Gasteiger partial charge in [-0.3, -0.25) is 9.97 Å². The number of hydrogen-bond donors (Lipinski definition) is 1. The van der Waals surface area contributed by atoms with Gasteiger partial charge in [-0.25, -0.2) is 4.98 Å². The van der Waals surface area contributed by atoms with Crippen molar-refractivity contribution in [3.8, 4) is 17.0 Å². The molecule has 2 N–H and O–H groups in total. The van der Waals surface area contributed by atoms with E-state index in [9.17, 15) is 0 Å². The largest absolute Gasteiger partial charge is 0.495 e. The Kier molecular flexibility index (Phi) is 2.45. The predicted molar refractivity (Wildman–Crippen MR) is 56.2 cm³/mol. The van der Waals surface area contributed by atoms with E-state index in [0.717, 1.165) is 5.56 Å². The van der Waals surface area contributed by atoms with Crippen LogP contribution in [-0.2, 0) is 0 Å². The summed E-state index contributed by atoms with van der Waals surface area (Å²) >= 11 is 0. The van der Waals surface area contributed by atoms with E-state index in [1.807, 2.05) is 6.07 Å². The number of pyridine rings is 1. The van der Waals surface area contributed by atoms with E-state index in [-0.39, 0.29) is 0 Å². The number of nitrogen functional groups attached to an aromatic ring is 1. The molecule has 0 spiro atoms. The van der Waals surface area contributed by atoms with Crippen LogP contribution in [0.1, 0.15) is 0 Å². The molecule has 0 fully saturated rings. The summed E-state index contributed by atoms with van der Waals surface area (Å²) in [6, 6.07) is 1.81. The smallest absolute Gasteiger partial charge is 0.150 e. The maximum Gasteiger partial charge on any atom is 0.150 e. The van der Waals surface area contributed by atoms with Crippen molar-refractivity contribution >= 4 is 5.82 Å². The van der Waals surface area contributed by atoms with Crippen molar-refractivity contribution in [3.05, 3.63) is 30.9 Å². The number of aromatic nitrogens is 3. The molecule has 0 saturated heterocycles. The third-order valence-electron chi connectivity index (χ3n) is 1.95. The molecular formula is C10H10N4O. The minimum atomic E-state index is 0.382. The molecule has 2 aromatic rings. The van der Waals surface area contributed by atoms with Gasteiger partial charge in [0, 0.05) is 24.2 Å². The second kappa shape index (κ2) is 3.91. The standard InChI is InChI=1S/C10H10N4O/c1-15-8-4-7(5-12-6-8)9-10(11)14-3-2-13-9/h2-6H,1H3,(H2,11,14). The Balaban J connectivity index is 2.49. The Labute approximate surface area is 87.0 Å². The molecule has 0 aliphatic rings. The molecule has 0 aliphatic carbocycles. The summed E-state index contributed by atoms with van der Waals surface area (Å²) in [6.07, 6.45) is 6.43. The van der Waals surface area contributed by atoms with Crippen LogP contribution in [0.4, 0.5) is 5.82 Å². The summed E-state index contributed by atoms with van der Waals surface area (Å²) < 4.78 is 5.06. The lowest BCUT2D eigenvalue weighted by atomic mass is 10.2. The van der Waals surface area contributed by atoms with Gasteiger partial charge >= 0.3 is 0 Å². The number of ether oxygens (including phenoxy) is 1. The first-order valence-corrected chi connectivity index (χ1v) is 4.37. The van der Waals surface area contributed by atoms with Crippen LogP contribution in [0.15, 0.2) is 30.9 Å². The molecule has 0 amide bonds. The summed E-state index contributed by atoms with van der Waals surface area (Å²) in [5, 5.41) is 0. The fraction of sp³-hybridized carbons (Fsp3) is 0.100. The van der Waals surface area contributed by atoms with Crippen LogP contribution in [0.25, 0.3) is 11.3 Å². The second-order valence-corrected chi connectivity index (χ2v) is 2.90. The van der Waals surface area contributed by atoms with Crippen molar-refractivity contribution < 1.29 is 4.74 Å². The van der Waals surface area contributed by atoms with Crippen molar-refractivity contribution in [1.82, 2.24) is 15.0 Å². The molecule has 0 radical (unpaired) electrons. The first-order valence-electron chi connectivity index (χ1n) is 4.37. The van der Waals surface area contributed by atoms with Gasteiger partial charge in [0.05, 0.1) is 13.3 Å². The van der Waals surface area contributed by atoms with Crippen LogP contribution in [0.3, 0.4) is 0 Å². The molecule has 0 aromatic carbocycles. The van der Waals surface area contributed by atoms with Gasteiger partial charge in [0.25, 0.3) is 0 Å². The minimum Gasteiger partial charge on any atom is -0.495 e. The average molecular weight is 202 g/mol. The molecule has 5 nitrogen and oxygen atoms in total. The number of methoxy groups -OCH3 is 1. The summed E-state index contributed by atoms with van der Waals surface area (Å²) in [7, 11) is 1.58. The van der Waals surface area contributed by atoms with E-state index >= 15 is 0 Å². The third-order valence-corrected chi connectivity index (χ3v) is 1.95. The fourth-order valence-corrected chi connectivity index (χ4v) is 1.23. The number of rotatable bonds is 2. The van der Waals surface area contributed by atoms with Gasteiger partial charge in [-0.05, 0) is 6.07 Å². The summed E-state index contributed by atoms with van der Waals surface area (Å²) in [5.41, 5.74) is 7.11. The highest BCUT2D eigenvalue weighted by atomic mass is 16.5. The molecule has 0 atom stereocenters. The van der Waals surface area contributed by atoms with E-state index in [4.69, 9.17) is 10.5 Å². The molecule has 2 rings (SSSR count). The maximum absolute atomic E-state index is 5.70. The molecular weight excluding hydrogens is 192 g/mol. The lowest BCUT2D eigenvalue weighted by Crippen LogP contribution is -1.96. The predicted octanol–water partition coefficient (Wildman–Crippen LogP) is 1.13. The molecule has 76 valence electrons. The Bertz CT molecular complexity index is 472. The van der Waals surface area contributed by atoms with E-state index in [1.54, 1.807) is 31.9 Å². The van der Waals surface area contributed by atoms with Crippen molar-refractivity contribution in [2.45, 2.75) is 0 Å². The molecule has 0 saturated carbocycles. The van der Waals surface area contributed by atoms with E-state index in [1.165, 1.54) is 0 Å². The van der Waals surface area contributed by atoms with Gasteiger partial charge in [-0.2, -0.15) is 0 Å². The van der Waals surface area contributed by atoms with Gasteiger partial charge in [-0.1, -0.05) is 0 Å². The van der Waals surface area contributed by atoms with Crippen LogP contribution in [0.5, 0.6) is 5.75 Å². The lowest BCUT2D eigenvalue weighted by molar-refractivity contribution is 0.413. The van der Waals surface area contributed by atoms with E-state index in [2.05, 4.69) is 15.0 Å². The van der Waals surface area contributed by atoms with Crippen LogP contribution in [0, 0.1) is 0 Å². The Morgan fingerprint density at radius 1 is 1.20 bits per heavy atom. The van der Waals surface area contributed by atoms with Gasteiger partial charge < -0.3 is 10.5 Å². The first kappa shape index (κ1) is 9.39. The van der Waals surface area contributed by atoms with Crippen LogP contribution in [-0.4, -0.2) is 22.1 Å². The quantitative estimate of drug-likeness (QED) is 0.790. The molecule has 2 heterocycles. The molecule has 0 unspecified atom stereocenters. The molecule has 0 bridgehead atoms. The first-order chi connectivity index (χ1) is 7.31. The number of nitrogens with zero attached hydrogens (tertiary/aromatic N) is 3. The summed E-state index contributed by atoms with van der Waals surface area (Å²) in [4.78, 5) is 12.1. The Morgan fingerprint density at radius 2 is 2.00 bits per heavy atom. The van der Waals surface area contributed by atoms with E-state index in [0.29, 0.717) is 17.3 Å². The van der Waals surface area contributed by atoms with Gasteiger partial charge in [0.2, 0.25) is 0 Å². The summed E-state index contributed by atoms with van der Waals surface area (Å²) in [5.74, 6) is 1.05. The average Bonchev–Trinajstić information content (AvgIpc) is 2.30. The number of anilines is 1. The second-order valence-electron chi connectivity index (χ2n) is 2.90. The molecule has 2 aromatic heterocycles. The van der Waals surface area contributed by atoms with Crippen LogP contribution >= 0.6 is 0 Å². The zero-order valence-electron chi connectivity index (χ0n) is 8.21. The lowest BCUT2D eigenvalue weighted by Gasteiger charge is -2.04. The summed E-state index contributed by atoms with van der Waals surface area (Å²) in [6.45, 7) is 0. The van der Waals surface area contributed by atoms with Crippen LogP contribution < -0.4 is 10.5 Å². The SMILES string of the molecule is COc1cncc(-c2nccnc2N)c1. The molecule has 15 heavy (non-hydrogen) atoms. The van der Waals surface area contributed by atoms with Gasteiger partial charge in [0.15, 0.2) is 0 Å². The van der Waals surface area contributed by atoms with E-state index < -0.39 is 0 Å². The minimum absolute atomic E-state index is 0.382. The zero-order valence-corrected chi connectivity index (χ0v) is 8.21. The number of hydrogen-bond acceptors (Lipinski definition) is 5. The van der Waals surface area contributed by atoms with Crippen molar-refractivity contribution in [2.75, 3.05) is 12.8 Å². The molecule has 0 aliphatic heterocycles. The number of nitrogens with two attached hydrogens (primary N) is 1. The Hall–Kier alpha value is -2.17. The topological polar surface area (TPSA) is 73.9 Å². The highest BCUT2D eigenvalue weighted by molar-refractivity contribution is 5.69. The van der Waals surface area contributed by atoms with Crippen molar-refractivity contribution in [3.63, 3.8) is 0 Å². The molecule has 5 heteroatoms. The highest BCUT2D eigenvalue weighted by Crippen LogP contribution is 2.23. The van der Waals surface area contributed by atoms with Gasteiger partial charge in [0.1, 0.15) is 17.3 Å². The van der Waals surface area contributed by atoms with Crippen LogP contribution in [0.2, 0.25) is 0 Å². The highest BCUT2D eigenvalue weighted by Gasteiger charge is 2.05. The third kappa shape index (κ3) is 1.85. The Morgan fingerprint density at radius 3 is 2.73 bits per heavy atom. The maximum atomic E-state index is 5.70. The van der Waals surface area contributed by atoms with Crippen molar-refractivity contribution in [2.24, 2.45) is 0 Å². The monoisotopic (exact) mass is 202 g/mol. The van der Waals surface area contributed by atoms with Gasteiger partial charge in [-0.15, -0.1) is 0 Å².